The van der Waals surface area contributed by atoms with Crippen LogP contribution in [0.2, 0.25) is 0 Å². The van der Waals surface area contributed by atoms with Crippen molar-refractivity contribution in [3.8, 4) is 17.1 Å². The molecule has 3 aromatic carbocycles. The number of alkyl halides is 9. The topological polar surface area (TPSA) is 159 Å². The smallest absolute Gasteiger partial charge is 0.452 e. The van der Waals surface area contributed by atoms with Crippen molar-refractivity contribution in [2.24, 2.45) is 0 Å². The van der Waals surface area contributed by atoms with E-state index in [2.05, 4.69) is 30.6 Å². The molecule has 0 amide bonds. The van der Waals surface area contributed by atoms with Gasteiger partial charge in [-0.05, 0) is 204 Å². The standard InChI is InChI=1S/C19H22F3N3O2S.C17H18F3N3O2S.C15H16F3N3S/c1-4-27-15(26)10-28-18-24-23-17(19(20,21)22)25(18)16-12(3)9-11(2)13-7-5-6-8-14(13)16;1-9-7-10(2)14(12-6-4-3-5-11(9)12)23-15(17(18,19)20)21-22-16(23)26-8-13(24)25;1-8-7-9(2)12(11-6-4-3-5-10(8)11)21-13(15(16,17)18)19-20-14(21)22/h9H,4-8,10H2,1-3H3;7H,3-6,8H2,1-2H3,(H,24,25);7H,3-6H2,1-2H3,(H,20,22). The van der Waals surface area contributed by atoms with Crippen LogP contribution in [0.5, 0.6) is 0 Å². The molecule has 0 radical (unpaired) electrons. The first-order valence-corrected chi connectivity index (χ1v) is 26.9. The molecule has 3 aliphatic rings. The summed E-state index contributed by atoms with van der Waals surface area (Å²) in [5, 5.41) is 28.7. The Balaban J connectivity index is 0.000000167. The number of carbonyl (C=O) groups is 2. The molecule has 13 nitrogen and oxygen atoms in total. The van der Waals surface area contributed by atoms with E-state index in [1.807, 2.05) is 45.9 Å². The molecule has 0 bridgehead atoms. The van der Waals surface area contributed by atoms with E-state index in [9.17, 15) is 49.1 Å². The second-order valence-corrected chi connectivity index (χ2v) is 21.1. The number of benzene rings is 3. The van der Waals surface area contributed by atoms with E-state index in [0.29, 0.717) is 35.5 Å². The van der Waals surface area contributed by atoms with Crippen LogP contribution in [0.4, 0.5) is 39.5 Å². The number of halogens is 9. The van der Waals surface area contributed by atoms with E-state index in [-0.39, 0.29) is 33.2 Å². The Bertz CT molecular complexity index is 3210. The summed E-state index contributed by atoms with van der Waals surface area (Å²) in [6.07, 6.45) is -3.22. The number of ether oxygens (including phenoxy) is 1. The largest absolute Gasteiger partial charge is 0.481 e. The molecule has 76 heavy (non-hydrogen) atoms. The minimum Gasteiger partial charge on any atom is -0.481 e. The van der Waals surface area contributed by atoms with Gasteiger partial charge in [0.1, 0.15) is 0 Å². The van der Waals surface area contributed by atoms with E-state index >= 15 is 0 Å². The molecule has 3 heterocycles. The second kappa shape index (κ2) is 23.5. The van der Waals surface area contributed by atoms with E-state index < -0.39 is 47.9 Å². The van der Waals surface area contributed by atoms with Crippen LogP contribution in [-0.4, -0.2) is 79.5 Å². The molecule has 2 N–H and O–H groups in total. The number of thioether (sulfide) groups is 2. The average molecular weight is 1130 g/mol. The van der Waals surface area contributed by atoms with Crippen molar-refractivity contribution in [3.05, 3.63) is 107 Å². The fraction of sp³-hybridized carbons (Fsp3) is 0.490. The molecule has 0 aliphatic heterocycles. The van der Waals surface area contributed by atoms with Crippen LogP contribution in [-0.2, 0) is 71.4 Å². The molecular formula is C51H56F9N9O4S3. The van der Waals surface area contributed by atoms with Gasteiger partial charge in [-0.3, -0.25) is 28.4 Å². The lowest BCUT2D eigenvalue weighted by Crippen LogP contribution is -2.19. The van der Waals surface area contributed by atoms with Gasteiger partial charge in [0.05, 0.1) is 35.2 Å². The number of rotatable bonds is 10. The first kappa shape index (κ1) is 58.0. The Hall–Kier alpha value is -5.69. The number of fused-ring (bicyclic) bond motifs is 3. The highest BCUT2D eigenvalue weighted by Gasteiger charge is 2.42. The molecule has 410 valence electrons. The van der Waals surface area contributed by atoms with Gasteiger partial charge in [0.2, 0.25) is 17.5 Å². The van der Waals surface area contributed by atoms with Gasteiger partial charge >= 0.3 is 30.5 Å². The molecule has 0 unspecified atom stereocenters. The molecule has 3 aliphatic carbocycles. The minimum atomic E-state index is -4.69. The summed E-state index contributed by atoms with van der Waals surface area (Å²) < 4.78 is 129. The van der Waals surface area contributed by atoms with E-state index in [4.69, 9.17) is 22.1 Å². The first-order valence-electron chi connectivity index (χ1n) is 24.5. The van der Waals surface area contributed by atoms with Crippen molar-refractivity contribution < 1.29 is 58.9 Å². The maximum absolute atomic E-state index is 13.7. The van der Waals surface area contributed by atoms with E-state index in [1.54, 1.807) is 20.8 Å². The summed E-state index contributed by atoms with van der Waals surface area (Å²) in [5.74, 6) is -5.32. The lowest BCUT2D eigenvalue weighted by molar-refractivity contribution is -0.147. The highest BCUT2D eigenvalue weighted by atomic mass is 32.2. The predicted octanol–water partition coefficient (Wildman–Crippen LogP) is 12.8. The van der Waals surface area contributed by atoms with E-state index in [0.717, 1.165) is 163 Å². The average Bonchev–Trinajstić information content (AvgIpc) is 4.13. The predicted molar refractivity (Wildman–Crippen MR) is 271 cm³/mol. The van der Waals surface area contributed by atoms with Crippen LogP contribution in [0.3, 0.4) is 0 Å². The van der Waals surface area contributed by atoms with Gasteiger partial charge in [-0.15, -0.1) is 25.5 Å². The number of aromatic amines is 1. The van der Waals surface area contributed by atoms with Crippen molar-refractivity contribution in [3.63, 3.8) is 0 Å². The Morgan fingerprint density at radius 2 is 0.895 bits per heavy atom. The molecule has 25 heteroatoms. The summed E-state index contributed by atoms with van der Waals surface area (Å²) in [5.41, 5.74) is 13.1. The maximum Gasteiger partial charge on any atom is 0.452 e. The van der Waals surface area contributed by atoms with Gasteiger partial charge < -0.3 is 9.84 Å². The molecule has 9 rings (SSSR count). The van der Waals surface area contributed by atoms with Crippen molar-refractivity contribution in [2.45, 2.75) is 154 Å². The molecule has 6 aromatic rings. The number of hydrogen-bond acceptors (Lipinski definition) is 11. The molecule has 0 saturated carbocycles. The molecule has 0 spiro atoms. The molecule has 0 fully saturated rings. The van der Waals surface area contributed by atoms with Crippen LogP contribution in [0.15, 0.2) is 28.5 Å². The van der Waals surface area contributed by atoms with Crippen LogP contribution in [0, 0.1) is 46.3 Å². The summed E-state index contributed by atoms with van der Waals surface area (Å²) in [6.45, 7) is 13.3. The maximum atomic E-state index is 13.7. The molecule has 0 saturated heterocycles. The second-order valence-electron chi connectivity index (χ2n) is 18.8. The van der Waals surface area contributed by atoms with Crippen LogP contribution < -0.4 is 0 Å². The van der Waals surface area contributed by atoms with E-state index in [1.165, 1.54) is 0 Å². The van der Waals surface area contributed by atoms with Crippen molar-refractivity contribution >= 4 is 47.7 Å². The number of carbonyl (C=O) groups excluding carboxylic acids is 1. The third-order valence-electron chi connectivity index (χ3n) is 13.4. The van der Waals surface area contributed by atoms with Gasteiger partial charge in [0.25, 0.3) is 0 Å². The van der Waals surface area contributed by atoms with Crippen molar-refractivity contribution in [1.29, 1.82) is 0 Å². The minimum absolute atomic E-state index is 0.0212. The number of carboxylic acid groups (broad SMARTS) is 1. The zero-order valence-electron chi connectivity index (χ0n) is 42.7. The summed E-state index contributed by atoms with van der Waals surface area (Å²) in [4.78, 5) is 22.6. The number of carboxylic acids is 1. The monoisotopic (exact) mass is 1130 g/mol. The molecule has 0 atom stereocenters. The fourth-order valence-corrected chi connectivity index (χ4v) is 12.2. The Labute approximate surface area is 445 Å². The molecular weight excluding hydrogens is 1070 g/mol. The number of aromatic nitrogens is 9. The van der Waals surface area contributed by atoms with Gasteiger partial charge in [-0.25, -0.2) is 0 Å². The SMILES string of the molecule is CCOC(=O)CSc1nnc(C(F)(F)F)n1-c1c(C)cc(C)c2c1CCCC2.Cc1cc(C)c(-n2c(C(F)(F)F)n[nH]c2=S)c2c1CCCC2.Cc1cc(C)c(-n2c(SCC(=O)O)nnc2C(F)(F)F)c2c1CCCC2. The molecule has 3 aromatic heterocycles. The summed E-state index contributed by atoms with van der Waals surface area (Å²) in [6, 6.07) is 5.74. The fourth-order valence-electron chi connectivity index (χ4n) is 10.5. The van der Waals surface area contributed by atoms with Gasteiger partial charge in [0.15, 0.2) is 15.1 Å². The highest BCUT2D eigenvalue weighted by Crippen LogP contribution is 2.42. The number of esters is 1. The zero-order chi connectivity index (χ0) is 55.6. The van der Waals surface area contributed by atoms with Crippen molar-refractivity contribution in [1.82, 2.24) is 44.3 Å². The summed E-state index contributed by atoms with van der Waals surface area (Å²) in [7, 11) is 0. The third-order valence-corrected chi connectivity index (χ3v) is 15.5. The summed E-state index contributed by atoms with van der Waals surface area (Å²) >= 11 is 6.71. The number of aliphatic carboxylic acids is 1. The van der Waals surface area contributed by atoms with Crippen LogP contribution in [0.25, 0.3) is 17.1 Å². The number of aryl methyl sites for hydroxylation is 6. The lowest BCUT2D eigenvalue weighted by atomic mass is 9.85. The number of H-pyrrole nitrogens is 1. The Morgan fingerprint density at radius 3 is 1.24 bits per heavy atom. The third kappa shape index (κ3) is 12.5. The van der Waals surface area contributed by atoms with Gasteiger partial charge in [0, 0.05) is 0 Å². The first-order chi connectivity index (χ1) is 35.7. The normalized spacial score (nSPS) is 14.4. The van der Waals surface area contributed by atoms with Crippen LogP contribution >= 0.6 is 35.7 Å². The van der Waals surface area contributed by atoms with Gasteiger partial charge in [-0.1, -0.05) is 41.7 Å². The quantitative estimate of drug-likeness (QED) is 0.0580. The number of nitrogens with zero attached hydrogens (tertiary/aromatic N) is 8. The number of hydrogen-bond donors (Lipinski definition) is 2. The zero-order valence-corrected chi connectivity index (χ0v) is 45.2. The van der Waals surface area contributed by atoms with Crippen molar-refractivity contribution in [2.75, 3.05) is 18.1 Å². The highest BCUT2D eigenvalue weighted by molar-refractivity contribution is 8.00. The van der Waals surface area contributed by atoms with Crippen LogP contribution in [0.1, 0.15) is 130 Å². The Morgan fingerprint density at radius 1 is 0.553 bits per heavy atom. The number of nitrogens with one attached hydrogen (secondary N) is 1. The lowest BCUT2D eigenvalue weighted by Gasteiger charge is -2.25. The Kier molecular flexibility index (Phi) is 17.9. The van der Waals surface area contributed by atoms with Gasteiger partial charge in [-0.2, -0.15) is 39.5 Å².